The number of hydrogen-bond acceptors (Lipinski definition) is 7. The van der Waals surface area contributed by atoms with Crippen LogP contribution in [0.15, 0.2) is 70.8 Å². The highest BCUT2D eigenvalue weighted by Crippen LogP contribution is 2.20. The van der Waals surface area contributed by atoms with E-state index < -0.39 is 17.8 Å². The second-order valence-corrected chi connectivity index (χ2v) is 7.44. The van der Waals surface area contributed by atoms with Crippen molar-refractivity contribution in [2.24, 2.45) is 5.10 Å². The minimum absolute atomic E-state index is 0.00796. The zero-order valence-corrected chi connectivity index (χ0v) is 18.5. The number of ether oxygens (including phenoxy) is 1. The van der Waals surface area contributed by atoms with Crippen LogP contribution in [0, 0.1) is 11.3 Å². The highest BCUT2D eigenvalue weighted by Gasteiger charge is 2.36. The number of anilines is 1. The third-order valence-electron chi connectivity index (χ3n) is 5.11. The van der Waals surface area contributed by atoms with Gasteiger partial charge in [0, 0.05) is 12.1 Å². The summed E-state index contributed by atoms with van der Waals surface area (Å²) >= 11 is 0. The maximum Gasteiger partial charge on any atom is 0.338 e. The highest BCUT2D eigenvalue weighted by molar-refractivity contribution is 6.50. The molecule has 2 aromatic carbocycles. The minimum Gasteiger partial charge on any atom is -0.457 e. The molecule has 8 nitrogen and oxygen atoms in total. The minimum atomic E-state index is -0.592. The Balaban J connectivity index is 1.71. The van der Waals surface area contributed by atoms with E-state index in [2.05, 4.69) is 10.5 Å². The van der Waals surface area contributed by atoms with Crippen LogP contribution in [0.2, 0.25) is 0 Å². The van der Waals surface area contributed by atoms with Crippen LogP contribution in [-0.2, 0) is 20.9 Å². The SMILES string of the molecule is CCCCN1C(=O)C(C#N)=C(C)/C(=N/Nc2ccc(C(=O)OCc3ccccc3)cc2)C1=O. The van der Waals surface area contributed by atoms with Gasteiger partial charge in [-0.3, -0.25) is 19.9 Å². The van der Waals surface area contributed by atoms with E-state index in [1.54, 1.807) is 24.3 Å². The fourth-order valence-electron chi connectivity index (χ4n) is 3.18. The molecule has 0 atom stereocenters. The van der Waals surface area contributed by atoms with Crippen LogP contribution < -0.4 is 5.43 Å². The van der Waals surface area contributed by atoms with Crippen molar-refractivity contribution in [1.82, 2.24) is 4.90 Å². The molecule has 0 bridgehead atoms. The molecule has 0 aromatic heterocycles. The van der Waals surface area contributed by atoms with Crippen LogP contribution in [0.5, 0.6) is 0 Å². The van der Waals surface area contributed by atoms with E-state index in [1.165, 1.54) is 6.92 Å². The zero-order chi connectivity index (χ0) is 23.8. The van der Waals surface area contributed by atoms with Crippen LogP contribution in [-0.4, -0.2) is 34.9 Å². The lowest BCUT2D eigenvalue weighted by molar-refractivity contribution is -0.138. The third kappa shape index (κ3) is 5.52. The highest BCUT2D eigenvalue weighted by atomic mass is 16.5. The Morgan fingerprint density at radius 1 is 1.09 bits per heavy atom. The van der Waals surface area contributed by atoms with Gasteiger partial charge in [0.05, 0.1) is 11.3 Å². The van der Waals surface area contributed by atoms with Gasteiger partial charge in [0.1, 0.15) is 18.2 Å². The first-order valence-electron chi connectivity index (χ1n) is 10.6. The number of esters is 1. The molecular formula is C25H24N4O4. The van der Waals surface area contributed by atoms with Gasteiger partial charge in [0.25, 0.3) is 11.8 Å². The number of hydrazone groups is 1. The Morgan fingerprint density at radius 2 is 1.79 bits per heavy atom. The maximum absolute atomic E-state index is 12.8. The molecule has 0 saturated carbocycles. The van der Waals surface area contributed by atoms with Crippen molar-refractivity contribution < 1.29 is 19.1 Å². The van der Waals surface area contributed by atoms with E-state index in [1.807, 2.05) is 43.3 Å². The molecule has 1 aliphatic heterocycles. The van der Waals surface area contributed by atoms with E-state index in [-0.39, 0.29) is 30.0 Å². The Bertz CT molecular complexity index is 1150. The van der Waals surface area contributed by atoms with Gasteiger partial charge in [0.15, 0.2) is 5.71 Å². The topological polar surface area (TPSA) is 112 Å². The van der Waals surface area contributed by atoms with Crippen molar-refractivity contribution in [3.63, 3.8) is 0 Å². The zero-order valence-electron chi connectivity index (χ0n) is 18.5. The van der Waals surface area contributed by atoms with Gasteiger partial charge >= 0.3 is 5.97 Å². The largest absolute Gasteiger partial charge is 0.457 e. The quantitative estimate of drug-likeness (QED) is 0.376. The lowest BCUT2D eigenvalue weighted by atomic mass is 9.99. The summed E-state index contributed by atoms with van der Waals surface area (Å²) in [6.07, 6.45) is 1.43. The van der Waals surface area contributed by atoms with Gasteiger partial charge in [-0.15, -0.1) is 0 Å². The summed E-state index contributed by atoms with van der Waals surface area (Å²) in [5.74, 6) is -1.59. The fraction of sp³-hybridized carbons (Fsp3) is 0.240. The number of amides is 2. The van der Waals surface area contributed by atoms with Crippen LogP contribution in [0.4, 0.5) is 5.69 Å². The van der Waals surface area contributed by atoms with Crippen molar-refractivity contribution in [2.45, 2.75) is 33.3 Å². The molecule has 2 aromatic rings. The van der Waals surface area contributed by atoms with Gasteiger partial charge in [-0.2, -0.15) is 10.4 Å². The first-order chi connectivity index (χ1) is 16.0. The van der Waals surface area contributed by atoms with Crippen LogP contribution in [0.1, 0.15) is 42.6 Å². The van der Waals surface area contributed by atoms with Gasteiger partial charge < -0.3 is 4.74 Å². The second-order valence-electron chi connectivity index (χ2n) is 7.44. The lowest BCUT2D eigenvalue weighted by Crippen LogP contribution is -2.47. The van der Waals surface area contributed by atoms with E-state index in [9.17, 15) is 19.6 Å². The molecule has 1 N–H and O–H groups in total. The Hall–Kier alpha value is -4.25. The fourth-order valence-corrected chi connectivity index (χ4v) is 3.18. The number of nitrogens with zero attached hydrogens (tertiary/aromatic N) is 3. The van der Waals surface area contributed by atoms with E-state index >= 15 is 0 Å². The summed E-state index contributed by atoms with van der Waals surface area (Å²) < 4.78 is 5.31. The molecule has 168 valence electrons. The van der Waals surface area contributed by atoms with E-state index in [4.69, 9.17) is 4.74 Å². The van der Waals surface area contributed by atoms with Gasteiger partial charge in [-0.05, 0) is 43.2 Å². The molecule has 33 heavy (non-hydrogen) atoms. The molecule has 8 heteroatoms. The summed E-state index contributed by atoms with van der Waals surface area (Å²) in [5.41, 5.74) is 4.70. The van der Waals surface area contributed by atoms with Crippen LogP contribution >= 0.6 is 0 Å². The molecule has 2 amide bonds. The number of rotatable bonds is 8. The molecule has 0 saturated heterocycles. The average molecular weight is 444 g/mol. The van der Waals surface area contributed by atoms with E-state index in [0.29, 0.717) is 17.7 Å². The Kier molecular flexibility index (Phi) is 7.71. The van der Waals surface area contributed by atoms with Crippen LogP contribution in [0.3, 0.4) is 0 Å². The third-order valence-corrected chi connectivity index (χ3v) is 5.11. The summed E-state index contributed by atoms with van der Waals surface area (Å²) in [7, 11) is 0. The first kappa shape index (κ1) is 23.4. The normalized spacial score (nSPS) is 14.9. The molecule has 0 spiro atoms. The summed E-state index contributed by atoms with van der Waals surface area (Å²) in [4.78, 5) is 38.6. The smallest absolute Gasteiger partial charge is 0.338 e. The predicted octanol–water partition coefficient (Wildman–Crippen LogP) is 3.82. The molecule has 0 aliphatic carbocycles. The van der Waals surface area contributed by atoms with Gasteiger partial charge in [-0.1, -0.05) is 43.7 Å². The van der Waals surface area contributed by atoms with Crippen molar-refractivity contribution >= 4 is 29.2 Å². The van der Waals surface area contributed by atoms with E-state index in [0.717, 1.165) is 16.9 Å². The Labute approximate surface area is 192 Å². The Morgan fingerprint density at radius 3 is 2.42 bits per heavy atom. The standard InChI is InChI=1S/C25H24N4O4/c1-3-4-14-29-23(30)21(15-26)17(2)22(24(29)31)28-27-20-12-10-19(11-13-20)25(32)33-16-18-8-6-5-7-9-18/h5-13,27H,3-4,14,16H2,1-2H3/b28-22-. The van der Waals surface area contributed by atoms with Crippen molar-refractivity contribution in [3.8, 4) is 6.07 Å². The molecule has 3 rings (SSSR count). The van der Waals surface area contributed by atoms with Crippen molar-refractivity contribution in [2.75, 3.05) is 12.0 Å². The molecule has 1 heterocycles. The predicted molar refractivity (Wildman–Crippen MR) is 123 cm³/mol. The number of carbonyl (C=O) groups excluding carboxylic acids is 3. The number of benzene rings is 2. The van der Waals surface area contributed by atoms with Crippen molar-refractivity contribution in [3.05, 3.63) is 76.9 Å². The summed E-state index contributed by atoms with van der Waals surface area (Å²) in [5, 5.41) is 13.5. The maximum atomic E-state index is 12.8. The number of carbonyl (C=O) groups is 3. The molecule has 0 radical (unpaired) electrons. The number of imide groups is 1. The average Bonchev–Trinajstić information content (AvgIpc) is 2.83. The molecule has 0 fully saturated rings. The van der Waals surface area contributed by atoms with Gasteiger partial charge in [0.2, 0.25) is 0 Å². The number of hydrogen-bond donors (Lipinski definition) is 1. The number of nitriles is 1. The van der Waals surface area contributed by atoms with Crippen molar-refractivity contribution in [1.29, 1.82) is 5.26 Å². The number of unbranched alkanes of at least 4 members (excludes halogenated alkanes) is 1. The van der Waals surface area contributed by atoms with Gasteiger partial charge in [-0.25, -0.2) is 4.79 Å². The number of nitrogens with one attached hydrogen (secondary N) is 1. The second kappa shape index (κ2) is 10.9. The summed E-state index contributed by atoms with van der Waals surface area (Å²) in [6.45, 7) is 3.88. The summed E-state index contributed by atoms with van der Waals surface area (Å²) in [6, 6.07) is 17.7. The monoisotopic (exact) mass is 444 g/mol. The molecule has 1 aliphatic rings. The first-order valence-corrected chi connectivity index (χ1v) is 10.6. The molecular weight excluding hydrogens is 420 g/mol. The molecule has 0 unspecified atom stereocenters. The lowest BCUT2D eigenvalue weighted by Gasteiger charge is -2.26. The van der Waals surface area contributed by atoms with Crippen LogP contribution in [0.25, 0.3) is 0 Å².